The maximum Gasteiger partial charge on any atom is 0.119 e. The van der Waals surface area contributed by atoms with Gasteiger partial charge in [0.1, 0.15) is 12.4 Å². The Morgan fingerprint density at radius 2 is 1.60 bits per heavy atom. The van der Waals surface area contributed by atoms with Crippen molar-refractivity contribution in [2.45, 2.75) is 13.8 Å². The van der Waals surface area contributed by atoms with Gasteiger partial charge >= 0.3 is 0 Å². The maximum absolute atomic E-state index is 8.79. The third-order valence-electron chi connectivity index (χ3n) is 3.16. The minimum atomic E-state index is 0.618. The van der Waals surface area contributed by atoms with Crippen LogP contribution in [-0.2, 0) is 0 Å². The van der Waals surface area contributed by atoms with E-state index in [1.807, 2.05) is 68.5 Å². The van der Waals surface area contributed by atoms with Gasteiger partial charge in [-0.3, -0.25) is 0 Å². The molecule has 2 aromatic rings. The van der Waals surface area contributed by atoms with E-state index in [1.54, 1.807) is 0 Å². The molecule has 0 aromatic heterocycles. The molecular formula is C18H17NO. The Labute approximate surface area is 119 Å². The van der Waals surface area contributed by atoms with Gasteiger partial charge in [-0.2, -0.15) is 5.26 Å². The Bertz CT molecular complexity index is 631. The van der Waals surface area contributed by atoms with Crippen LogP contribution >= 0.6 is 0 Å². The maximum atomic E-state index is 8.79. The summed E-state index contributed by atoms with van der Waals surface area (Å²) >= 11 is 0. The van der Waals surface area contributed by atoms with Crippen molar-refractivity contribution < 1.29 is 4.74 Å². The normalized spacial score (nSPS) is 10.9. The minimum absolute atomic E-state index is 0.618. The van der Waals surface area contributed by atoms with E-state index in [4.69, 9.17) is 10.00 Å². The lowest BCUT2D eigenvalue weighted by Gasteiger charge is -2.07. The first-order valence-electron chi connectivity index (χ1n) is 6.58. The van der Waals surface area contributed by atoms with Crippen molar-refractivity contribution in [3.05, 3.63) is 65.7 Å². The van der Waals surface area contributed by atoms with Crippen molar-refractivity contribution in [3.8, 4) is 22.9 Å². The topological polar surface area (TPSA) is 33.0 Å². The quantitative estimate of drug-likeness (QED) is 0.757. The van der Waals surface area contributed by atoms with E-state index in [1.165, 1.54) is 5.57 Å². The Balaban J connectivity index is 2.09. The van der Waals surface area contributed by atoms with Gasteiger partial charge in [-0.05, 0) is 54.8 Å². The molecule has 0 aliphatic heterocycles. The molecule has 100 valence electrons. The van der Waals surface area contributed by atoms with Gasteiger partial charge in [0, 0.05) is 0 Å². The summed E-state index contributed by atoms with van der Waals surface area (Å²) in [6.45, 7) is 4.67. The van der Waals surface area contributed by atoms with Crippen LogP contribution in [0.2, 0.25) is 0 Å². The number of hydrogen-bond donors (Lipinski definition) is 0. The third kappa shape index (κ3) is 3.49. The van der Waals surface area contributed by atoms with Gasteiger partial charge in [0.2, 0.25) is 0 Å². The number of rotatable bonds is 4. The highest BCUT2D eigenvalue weighted by Crippen LogP contribution is 2.23. The molecule has 0 radical (unpaired) electrons. The first-order valence-corrected chi connectivity index (χ1v) is 6.58. The van der Waals surface area contributed by atoms with E-state index in [2.05, 4.69) is 6.07 Å². The lowest BCUT2D eigenvalue weighted by molar-refractivity contribution is 0.352. The lowest BCUT2D eigenvalue weighted by atomic mass is 10.0. The SMILES string of the molecule is C/C=C(\C)COc1ccc(-c2ccc(C#N)cc2)cc1. The monoisotopic (exact) mass is 263 g/mol. The van der Waals surface area contributed by atoms with Crippen molar-refractivity contribution >= 4 is 0 Å². The van der Waals surface area contributed by atoms with Gasteiger partial charge in [-0.1, -0.05) is 30.3 Å². The summed E-state index contributed by atoms with van der Waals surface area (Å²) < 4.78 is 5.67. The molecule has 0 unspecified atom stereocenters. The molecule has 0 N–H and O–H groups in total. The minimum Gasteiger partial charge on any atom is -0.489 e. The Kier molecular flexibility index (Phi) is 4.57. The highest BCUT2D eigenvalue weighted by Gasteiger charge is 1.99. The Morgan fingerprint density at radius 3 is 2.10 bits per heavy atom. The molecular weight excluding hydrogens is 246 g/mol. The van der Waals surface area contributed by atoms with Crippen molar-refractivity contribution in [3.63, 3.8) is 0 Å². The summed E-state index contributed by atoms with van der Waals surface area (Å²) in [5.74, 6) is 0.864. The second-order valence-electron chi connectivity index (χ2n) is 4.64. The van der Waals surface area contributed by atoms with E-state index >= 15 is 0 Å². The highest BCUT2D eigenvalue weighted by atomic mass is 16.5. The molecule has 0 aliphatic carbocycles. The molecule has 0 bridgehead atoms. The smallest absolute Gasteiger partial charge is 0.119 e. The molecule has 0 saturated heterocycles. The summed E-state index contributed by atoms with van der Waals surface area (Å²) in [4.78, 5) is 0. The molecule has 20 heavy (non-hydrogen) atoms. The molecule has 2 rings (SSSR count). The molecule has 0 atom stereocenters. The van der Waals surface area contributed by atoms with Gasteiger partial charge in [0.05, 0.1) is 11.6 Å². The van der Waals surface area contributed by atoms with Crippen molar-refractivity contribution in [2.24, 2.45) is 0 Å². The van der Waals surface area contributed by atoms with Crippen LogP contribution in [0, 0.1) is 11.3 Å². The number of hydrogen-bond acceptors (Lipinski definition) is 2. The molecule has 0 saturated carbocycles. The van der Waals surface area contributed by atoms with Crippen molar-refractivity contribution in [1.82, 2.24) is 0 Å². The highest BCUT2D eigenvalue weighted by molar-refractivity contribution is 5.64. The predicted molar refractivity (Wildman–Crippen MR) is 81.5 cm³/mol. The summed E-state index contributed by atoms with van der Waals surface area (Å²) in [5.41, 5.74) is 4.10. The summed E-state index contributed by atoms with van der Waals surface area (Å²) in [6, 6.07) is 17.7. The Morgan fingerprint density at radius 1 is 1.05 bits per heavy atom. The fourth-order valence-electron chi connectivity index (χ4n) is 1.76. The number of benzene rings is 2. The predicted octanol–water partition coefficient (Wildman–Crippen LogP) is 4.57. The second-order valence-corrected chi connectivity index (χ2v) is 4.64. The first kappa shape index (κ1) is 13.9. The zero-order valence-corrected chi connectivity index (χ0v) is 11.8. The van der Waals surface area contributed by atoms with Crippen LogP contribution in [-0.4, -0.2) is 6.61 Å². The first-order chi connectivity index (χ1) is 9.72. The number of nitriles is 1. The largest absolute Gasteiger partial charge is 0.489 e. The molecule has 0 fully saturated rings. The van der Waals surface area contributed by atoms with Crippen LogP contribution in [0.15, 0.2) is 60.2 Å². The van der Waals surface area contributed by atoms with E-state index in [0.717, 1.165) is 16.9 Å². The molecule has 2 nitrogen and oxygen atoms in total. The Hall–Kier alpha value is -2.53. The van der Waals surface area contributed by atoms with E-state index in [0.29, 0.717) is 12.2 Å². The van der Waals surface area contributed by atoms with Crippen LogP contribution in [0.25, 0.3) is 11.1 Å². The molecule has 2 aromatic carbocycles. The standard InChI is InChI=1S/C18H17NO/c1-3-14(2)13-20-18-10-8-17(9-11-18)16-6-4-15(12-19)5-7-16/h3-11H,13H2,1-2H3/b14-3+. The summed E-state index contributed by atoms with van der Waals surface area (Å²) in [5, 5.41) is 8.79. The lowest BCUT2D eigenvalue weighted by Crippen LogP contribution is -1.97. The molecule has 0 spiro atoms. The van der Waals surface area contributed by atoms with Gasteiger partial charge in [0.25, 0.3) is 0 Å². The zero-order valence-electron chi connectivity index (χ0n) is 11.8. The van der Waals surface area contributed by atoms with E-state index in [-0.39, 0.29) is 0 Å². The molecule has 0 heterocycles. The number of ether oxygens (including phenoxy) is 1. The van der Waals surface area contributed by atoms with E-state index < -0.39 is 0 Å². The zero-order chi connectivity index (χ0) is 14.4. The van der Waals surface area contributed by atoms with Crippen LogP contribution in [0.3, 0.4) is 0 Å². The average Bonchev–Trinajstić information content (AvgIpc) is 2.53. The fraction of sp³-hybridized carbons (Fsp3) is 0.167. The van der Waals surface area contributed by atoms with Gasteiger partial charge in [-0.15, -0.1) is 0 Å². The molecule has 0 aliphatic rings. The summed E-state index contributed by atoms with van der Waals surface area (Å²) in [6.07, 6.45) is 2.05. The van der Waals surface area contributed by atoms with Gasteiger partial charge < -0.3 is 4.74 Å². The average molecular weight is 263 g/mol. The fourth-order valence-corrected chi connectivity index (χ4v) is 1.76. The van der Waals surface area contributed by atoms with E-state index in [9.17, 15) is 0 Å². The van der Waals surface area contributed by atoms with Crippen molar-refractivity contribution in [2.75, 3.05) is 6.61 Å². The third-order valence-corrected chi connectivity index (χ3v) is 3.16. The van der Waals surface area contributed by atoms with Gasteiger partial charge in [-0.25, -0.2) is 0 Å². The van der Waals surface area contributed by atoms with Crippen LogP contribution in [0.1, 0.15) is 19.4 Å². The van der Waals surface area contributed by atoms with Crippen LogP contribution < -0.4 is 4.74 Å². The van der Waals surface area contributed by atoms with Crippen molar-refractivity contribution in [1.29, 1.82) is 5.26 Å². The van der Waals surface area contributed by atoms with Crippen LogP contribution in [0.4, 0.5) is 0 Å². The second kappa shape index (κ2) is 6.58. The number of allylic oxidation sites excluding steroid dienone is 1. The van der Waals surface area contributed by atoms with Crippen LogP contribution in [0.5, 0.6) is 5.75 Å². The molecule has 2 heteroatoms. The molecule has 0 amide bonds. The summed E-state index contributed by atoms with van der Waals surface area (Å²) in [7, 11) is 0. The number of nitrogens with zero attached hydrogens (tertiary/aromatic N) is 1. The van der Waals surface area contributed by atoms with Gasteiger partial charge in [0.15, 0.2) is 0 Å².